The molecule has 0 saturated carbocycles. The van der Waals surface area contributed by atoms with Crippen molar-refractivity contribution in [3.8, 4) is 0 Å². The van der Waals surface area contributed by atoms with Crippen LogP contribution in [0, 0.1) is 0 Å². The van der Waals surface area contributed by atoms with E-state index in [4.69, 9.17) is 8.83 Å². The van der Waals surface area contributed by atoms with E-state index < -0.39 is 0 Å². The second-order valence-electron chi connectivity index (χ2n) is 7.77. The minimum atomic E-state index is 0.116. The number of anilines is 1. The molecule has 0 spiro atoms. The monoisotopic (exact) mass is 375 g/mol. The van der Waals surface area contributed by atoms with Crippen molar-refractivity contribution in [3.05, 3.63) is 96.4 Å². The molecule has 3 heteroatoms. The Labute approximate surface area is 167 Å². The van der Waals surface area contributed by atoms with Gasteiger partial charge in [-0.05, 0) is 42.1 Å². The lowest BCUT2D eigenvalue weighted by atomic mass is 9.84. The molecule has 29 heavy (non-hydrogen) atoms. The third-order valence-electron chi connectivity index (χ3n) is 6.42. The highest BCUT2D eigenvalue weighted by molar-refractivity contribution is 6.15. The molecule has 1 aliphatic carbocycles. The molecular formula is C26H17NO2. The summed E-state index contributed by atoms with van der Waals surface area (Å²) in [5.74, 6) is 1.17. The van der Waals surface area contributed by atoms with Gasteiger partial charge in [-0.1, -0.05) is 49.1 Å². The predicted octanol–water partition coefficient (Wildman–Crippen LogP) is 7.15. The van der Waals surface area contributed by atoms with Crippen LogP contribution in [0.3, 0.4) is 0 Å². The third-order valence-corrected chi connectivity index (χ3v) is 6.42. The second-order valence-corrected chi connectivity index (χ2v) is 7.77. The van der Waals surface area contributed by atoms with Gasteiger partial charge in [-0.15, -0.1) is 0 Å². The summed E-state index contributed by atoms with van der Waals surface area (Å²) in [5, 5.41) is 3.34. The summed E-state index contributed by atoms with van der Waals surface area (Å²) in [6.45, 7) is 4.11. The van der Waals surface area contributed by atoms with Crippen LogP contribution >= 0.6 is 0 Å². The average molecular weight is 375 g/mol. The second kappa shape index (κ2) is 5.21. The number of para-hydroxylation sites is 2. The van der Waals surface area contributed by atoms with E-state index in [-0.39, 0.29) is 12.0 Å². The molecule has 2 aliphatic rings. The first-order valence-corrected chi connectivity index (χ1v) is 9.90. The molecule has 3 heterocycles. The van der Waals surface area contributed by atoms with Crippen LogP contribution in [0.15, 0.2) is 88.4 Å². The van der Waals surface area contributed by atoms with Gasteiger partial charge in [0.2, 0.25) is 0 Å². The Morgan fingerprint density at radius 3 is 2.66 bits per heavy atom. The molecular weight excluding hydrogens is 358 g/mol. The summed E-state index contributed by atoms with van der Waals surface area (Å²) >= 11 is 0. The third kappa shape index (κ3) is 1.78. The normalized spacial score (nSPS) is 19.7. The minimum absolute atomic E-state index is 0.116. The topological polar surface area (TPSA) is 29.5 Å². The van der Waals surface area contributed by atoms with E-state index in [1.54, 1.807) is 0 Å². The van der Waals surface area contributed by atoms with Crippen molar-refractivity contribution in [2.24, 2.45) is 0 Å². The molecule has 0 radical (unpaired) electrons. The SMILES string of the molecule is C=CN1c2ccccc2C2C=Cc3oc4ccc5c6ccccc6oc5c4c3C21. The molecule has 3 nitrogen and oxygen atoms in total. The summed E-state index contributed by atoms with van der Waals surface area (Å²) in [7, 11) is 0. The summed E-state index contributed by atoms with van der Waals surface area (Å²) in [4.78, 5) is 2.28. The first-order valence-electron chi connectivity index (χ1n) is 9.90. The molecule has 7 rings (SSSR count). The van der Waals surface area contributed by atoms with Gasteiger partial charge in [0.05, 0.1) is 11.4 Å². The molecule has 5 aromatic rings. The van der Waals surface area contributed by atoms with Crippen LogP contribution < -0.4 is 4.90 Å². The van der Waals surface area contributed by atoms with E-state index >= 15 is 0 Å². The van der Waals surface area contributed by atoms with Gasteiger partial charge in [0, 0.05) is 27.9 Å². The Hall–Kier alpha value is -3.72. The molecule has 0 bridgehead atoms. The van der Waals surface area contributed by atoms with Crippen LogP contribution in [-0.2, 0) is 0 Å². The van der Waals surface area contributed by atoms with Gasteiger partial charge in [-0.3, -0.25) is 0 Å². The molecule has 1 aliphatic heterocycles. The molecule has 2 aromatic heterocycles. The largest absolute Gasteiger partial charge is 0.456 e. The number of hydrogen-bond acceptors (Lipinski definition) is 3. The van der Waals surface area contributed by atoms with Crippen molar-refractivity contribution in [1.29, 1.82) is 0 Å². The Bertz CT molecular complexity index is 1500. The van der Waals surface area contributed by atoms with Gasteiger partial charge >= 0.3 is 0 Å². The van der Waals surface area contributed by atoms with E-state index in [0.717, 1.165) is 38.7 Å². The lowest BCUT2D eigenvalue weighted by Crippen LogP contribution is -2.22. The number of benzene rings is 3. The number of fused-ring (bicyclic) bond motifs is 11. The highest BCUT2D eigenvalue weighted by Crippen LogP contribution is 2.55. The zero-order valence-electron chi connectivity index (χ0n) is 15.6. The molecule has 0 saturated heterocycles. The van der Waals surface area contributed by atoms with Crippen molar-refractivity contribution in [2.45, 2.75) is 12.0 Å². The molecule has 2 atom stereocenters. The maximum absolute atomic E-state index is 6.36. The first kappa shape index (κ1) is 15.2. The first-order chi connectivity index (χ1) is 14.3. The van der Waals surface area contributed by atoms with Crippen LogP contribution in [0.1, 0.15) is 28.8 Å². The molecule has 0 amide bonds. The number of rotatable bonds is 1. The molecule has 138 valence electrons. The van der Waals surface area contributed by atoms with E-state index in [2.05, 4.69) is 72.2 Å². The lowest BCUT2D eigenvalue weighted by molar-refractivity contribution is 0.572. The van der Waals surface area contributed by atoms with Gasteiger partial charge in [0.25, 0.3) is 0 Å². The molecule has 2 unspecified atom stereocenters. The summed E-state index contributed by atoms with van der Waals surface area (Å²) in [5.41, 5.74) is 6.40. The lowest BCUT2D eigenvalue weighted by Gasteiger charge is -2.28. The van der Waals surface area contributed by atoms with Crippen LogP contribution in [0.5, 0.6) is 0 Å². The number of furan rings is 2. The maximum atomic E-state index is 6.36. The average Bonchev–Trinajstić information content (AvgIpc) is 3.41. The summed E-state index contributed by atoms with van der Waals surface area (Å²) in [6.07, 6.45) is 6.31. The number of hydrogen-bond donors (Lipinski definition) is 0. The molecule has 3 aromatic carbocycles. The Balaban J connectivity index is 1.60. The summed E-state index contributed by atoms with van der Waals surface area (Å²) in [6, 6.07) is 21.1. The fourth-order valence-corrected chi connectivity index (χ4v) is 5.25. The Morgan fingerprint density at radius 1 is 0.862 bits per heavy atom. The van der Waals surface area contributed by atoms with Crippen molar-refractivity contribution in [1.82, 2.24) is 0 Å². The number of nitrogens with zero attached hydrogens (tertiary/aromatic N) is 1. The van der Waals surface area contributed by atoms with Crippen molar-refractivity contribution in [2.75, 3.05) is 4.90 Å². The van der Waals surface area contributed by atoms with Crippen LogP contribution in [0.4, 0.5) is 5.69 Å². The van der Waals surface area contributed by atoms with Crippen molar-refractivity contribution >= 4 is 44.7 Å². The molecule has 0 fully saturated rings. The highest BCUT2D eigenvalue weighted by Gasteiger charge is 2.42. The quantitative estimate of drug-likeness (QED) is 0.312. The highest BCUT2D eigenvalue weighted by atomic mass is 16.3. The molecule has 0 N–H and O–H groups in total. The van der Waals surface area contributed by atoms with Gasteiger partial charge in [0.15, 0.2) is 0 Å². The van der Waals surface area contributed by atoms with Crippen LogP contribution in [-0.4, -0.2) is 0 Å². The smallest absolute Gasteiger partial charge is 0.146 e. The predicted molar refractivity (Wildman–Crippen MR) is 117 cm³/mol. The minimum Gasteiger partial charge on any atom is -0.456 e. The van der Waals surface area contributed by atoms with Gasteiger partial charge < -0.3 is 13.7 Å². The van der Waals surface area contributed by atoms with Crippen LogP contribution in [0.2, 0.25) is 0 Å². The maximum Gasteiger partial charge on any atom is 0.146 e. The van der Waals surface area contributed by atoms with E-state index in [0.29, 0.717) is 0 Å². The van der Waals surface area contributed by atoms with Crippen molar-refractivity contribution < 1.29 is 8.83 Å². The van der Waals surface area contributed by atoms with Gasteiger partial charge in [-0.25, -0.2) is 0 Å². The zero-order chi connectivity index (χ0) is 19.1. The fraction of sp³-hybridized carbons (Fsp3) is 0.0769. The van der Waals surface area contributed by atoms with E-state index in [9.17, 15) is 0 Å². The standard InChI is InChI=1S/C26H17NO2/c1-2-27-19-9-5-3-7-15(19)17-11-13-21-23(25(17)27)24-22(28-21)14-12-18-16-8-4-6-10-20(16)29-26(18)24/h2-14,17,25H,1H2. The van der Waals surface area contributed by atoms with Crippen LogP contribution in [0.25, 0.3) is 39.0 Å². The zero-order valence-corrected chi connectivity index (χ0v) is 15.6. The van der Waals surface area contributed by atoms with E-state index in [1.165, 1.54) is 16.8 Å². The Kier molecular flexibility index (Phi) is 2.73. The van der Waals surface area contributed by atoms with E-state index in [1.807, 2.05) is 18.3 Å². The van der Waals surface area contributed by atoms with Crippen molar-refractivity contribution in [3.63, 3.8) is 0 Å². The Morgan fingerprint density at radius 2 is 1.72 bits per heavy atom. The summed E-state index contributed by atoms with van der Waals surface area (Å²) < 4.78 is 12.6. The van der Waals surface area contributed by atoms with Gasteiger partial charge in [0.1, 0.15) is 22.5 Å². The fourth-order valence-electron chi connectivity index (χ4n) is 5.25. The van der Waals surface area contributed by atoms with Gasteiger partial charge in [-0.2, -0.15) is 0 Å².